The van der Waals surface area contributed by atoms with Crippen molar-refractivity contribution in [2.45, 2.75) is 33.2 Å². The Labute approximate surface area is 121 Å². The number of amides is 2. The van der Waals surface area contributed by atoms with E-state index in [4.69, 9.17) is 0 Å². The van der Waals surface area contributed by atoms with Crippen molar-refractivity contribution < 1.29 is 9.59 Å². The summed E-state index contributed by atoms with van der Waals surface area (Å²) in [6.45, 7) is 12.0. The van der Waals surface area contributed by atoms with Gasteiger partial charge in [0.1, 0.15) is 0 Å². The first-order valence-electron chi connectivity index (χ1n) is 7.35. The lowest BCUT2D eigenvalue weighted by Gasteiger charge is -2.39. The molecule has 2 amide bonds. The van der Waals surface area contributed by atoms with Gasteiger partial charge < -0.3 is 16.0 Å². The van der Waals surface area contributed by atoms with Crippen LogP contribution in [-0.4, -0.2) is 61.5 Å². The molecular weight excluding hydrogens is 256 g/mol. The molecule has 1 saturated heterocycles. The molecule has 1 aliphatic heterocycles. The van der Waals surface area contributed by atoms with Crippen molar-refractivity contribution in [1.29, 1.82) is 0 Å². The summed E-state index contributed by atoms with van der Waals surface area (Å²) < 4.78 is 0. The van der Waals surface area contributed by atoms with Gasteiger partial charge in [0.2, 0.25) is 11.8 Å². The minimum atomic E-state index is -0.583. The van der Waals surface area contributed by atoms with E-state index in [1.807, 2.05) is 27.7 Å². The highest BCUT2D eigenvalue weighted by Crippen LogP contribution is 2.14. The van der Waals surface area contributed by atoms with Crippen LogP contribution in [0.3, 0.4) is 0 Å². The first-order chi connectivity index (χ1) is 9.34. The van der Waals surface area contributed by atoms with Gasteiger partial charge in [0.25, 0.3) is 0 Å². The van der Waals surface area contributed by atoms with E-state index in [0.29, 0.717) is 12.5 Å². The van der Waals surface area contributed by atoms with Crippen LogP contribution in [0.25, 0.3) is 0 Å². The Morgan fingerprint density at radius 1 is 1.20 bits per heavy atom. The Morgan fingerprint density at radius 3 is 2.35 bits per heavy atom. The van der Waals surface area contributed by atoms with Crippen molar-refractivity contribution in [3.05, 3.63) is 0 Å². The summed E-state index contributed by atoms with van der Waals surface area (Å²) in [5, 5.41) is 8.79. The van der Waals surface area contributed by atoms with Crippen LogP contribution in [0.5, 0.6) is 0 Å². The van der Waals surface area contributed by atoms with Crippen molar-refractivity contribution in [2.75, 3.05) is 39.3 Å². The molecule has 1 fully saturated rings. The van der Waals surface area contributed by atoms with Gasteiger partial charge in [0.05, 0.1) is 12.1 Å². The summed E-state index contributed by atoms with van der Waals surface area (Å²) in [6, 6.07) is 0. The van der Waals surface area contributed by atoms with Gasteiger partial charge in [0.15, 0.2) is 0 Å². The lowest BCUT2D eigenvalue weighted by Crippen LogP contribution is -2.60. The van der Waals surface area contributed by atoms with Gasteiger partial charge in [0, 0.05) is 32.7 Å². The molecule has 0 atom stereocenters. The topological polar surface area (TPSA) is 73.5 Å². The summed E-state index contributed by atoms with van der Waals surface area (Å²) in [4.78, 5) is 26.0. The van der Waals surface area contributed by atoms with E-state index >= 15 is 0 Å². The molecular formula is C14H28N4O2. The highest BCUT2D eigenvalue weighted by molar-refractivity contribution is 5.89. The average molecular weight is 284 g/mol. The van der Waals surface area contributed by atoms with E-state index in [9.17, 15) is 9.59 Å². The molecule has 1 aliphatic rings. The molecule has 0 unspecified atom stereocenters. The zero-order valence-corrected chi connectivity index (χ0v) is 13.1. The molecule has 0 bridgehead atoms. The summed E-state index contributed by atoms with van der Waals surface area (Å²) in [5.74, 6) is 0.175. The van der Waals surface area contributed by atoms with Crippen LogP contribution >= 0.6 is 0 Å². The number of nitrogens with one attached hydrogen (secondary N) is 3. The second kappa shape index (κ2) is 7.59. The highest BCUT2D eigenvalue weighted by atomic mass is 16.2. The number of piperazine rings is 1. The second-order valence-electron chi connectivity index (χ2n) is 6.18. The fourth-order valence-electron chi connectivity index (χ4n) is 2.12. The molecule has 0 saturated carbocycles. The number of hydrogen-bond acceptors (Lipinski definition) is 4. The minimum absolute atomic E-state index is 0.0427. The fraction of sp³-hybridized carbons (Fsp3) is 0.857. The minimum Gasteiger partial charge on any atom is -0.354 e. The quantitative estimate of drug-likeness (QED) is 0.618. The average Bonchev–Trinajstić information content (AvgIpc) is 2.43. The van der Waals surface area contributed by atoms with E-state index in [1.54, 1.807) is 0 Å². The van der Waals surface area contributed by atoms with Crippen LogP contribution in [0.15, 0.2) is 0 Å². The van der Waals surface area contributed by atoms with Crippen LogP contribution in [0.1, 0.15) is 27.7 Å². The molecule has 1 heterocycles. The standard InChI is InChI=1S/C14H28N4O2/c1-11(2)9-16-12(19)10-17-13(20)14(3,4)18-7-5-15-6-8-18/h11,15H,5-10H2,1-4H3,(H,16,19)(H,17,20). The number of carbonyl (C=O) groups is 2. The lowest BCUT2D eigenvalue weighted by molar-refractivity contribution is -0.134. The molecule has 6 nitrogen and oxygen atoms in total. The van der Waals surface area contributed by atoms with E-state index < -0.39 is 5.54 Å². The molecule has 20 heavy (non-hydrogen) atoms. The Balaban J connectivity index is 2.38. The van der Waals surface area contributed by atoms with E-state index in [2.05, 4.69) is 20.9 Å². The monoisotopic (exact) mass is 284 g/mol. The molecule has 0 aromatic rings. The molecule has 116 valence electrons. The second-order valence-corrected chi connectivity index (χ2v) is 6.18. The molecule has 0 radical (unpaired) electrons. The number of rotatable bonds is 6. The Kier molecular flexibility index (Phi) is 6.42. The summed E-state index contributed by atoms with van der Waals surface area (Å²) in [7, 11) is 0. The summed E-state index contributed by atoms with van der Waals surface area (Å²) in [5.41, 5.74) is -0.583. The van der Waals surface area contributed by atoms with Crippen LogP contribution in [0.2, 0.25) is 0 Å². The molecule has 3 N–H and O–H groups in total. The van der Waals surface area contributed by atoms with E-state index in [-0.39, 0.29) is 18.4 Å². The number of nitrogens with zero attached hydrogens (tertiary/aromatic N) is 1. The van der Waals surface area contributed by atoms with Gasteiger partial charge in [-0.2, -0.15) is 0 Å². The maximum Gasteiger partial charge on any atom is 0.240 e. The zero-order chi connectivity index (χ0) is 15.2. The van der Waals surface area contributed by atoms with Crippen molar-refractivity contribution >= 4 is 11.8 Å². The van der Waals surface area contributed by atoms with Crippen LogP contribution in [0.4, 0.5) is 0 Å². The highest BCUT2D eigenvalue weighted by Gasteiger charge is 2.35. The Morgan fingerprint density at radius 2 is 1.80 bits per heavy atom. The van der Waals surface area contributed by atoms with Gasteiger partial charge in [-0.15, -0.1) is 0 Å². The predicted molar refractivity (Wildman–Crippen MR) is 79.4 cm³/mol. The first kappa shape index (κ1) is 16.9. The van der Waals surface area contributed by atoms with Gasteiger partial charge in [-0.3, -0.25) is 14.5 Å². The number of carbonyl (C=O) groups excluding carboxylic acids is 2. The lowest BCUT2D eigenvalue weighted by atomic mass is 10.0. The third kappa shape index (κ3) is 5.09. The number of hydrogen-bond donors (Lipinski definition) is 3. The maximum atomic E-state index is 12.3. The Bertz CT molecular complexity index is 336. The van der Waals surface area contributed by atoms with Crippen LogP contribution < -0.4 is 16.0 Å². The van der Waals surface area contributed by atoms with Crippen molar-refractivity contribution in [1.82, 2.24) is 20.9 Å². The van der Waals surface area contributed by atoms with Crippen molar-refractivity contribution in [3.8, 4) is 0 Å². The molecule has 0 aromatic heterocycles. The van der Waals surface area contributed by atoms with Gasteiger partial charge in [-0.05, 0) is 19.8 Å². The van der Waals surface area contributed by atoms with Gasteiger partial charge in [-0.1, -0.05) is 13.8 Å². The van der Waals surface area contributed by atoms with Crippen LogP contribution in [0, 0.1) is 5.92 Å². The van der Waals surface area contributed by atoms with Crippen molar-refractivity contribution in [3.63, 3.8) is 0 Å². The smallest absolute Gasteiger partial charge is 0.240 e. The SMILES string of the molecule is CC(C)CNC(=O)CNC(=O)C(C)(C)N1CCNCC1. The molecule has 1 rings (SSSR count). The summed E-state index contributed by atoms with van der Waals surface area (Å²) >= 11 is 0. The molecule has 6 heteroatoms. The molecule has 0 aromatic carbocycles. The largest absolute Gasteiger partial charge is 0.354 e. The van der Waals surface area contributed by atoms with E-state index in [1.165, 1.54) is 0 Å². The predicted octanol–water partition coefficient (Wildman–Crippen LogP) is -0.441. The van der Waals surface area contributed by atoms with Gasteiger partial charge >= 0.3 is 0 Å². The zero-order valence-electron chi connectivity index (χ0n) is 13.1. The molecule has 0 spiro atoms. The van der Waals surface area contributed by atoms with Gasteiger partial charge in [-0.25, -0.2) is 0 Å². The Hall–Kier alpha value is -1.14. The maximum absolute atomic E-state index is 12.3. The summed E-state index contributed by atoms with van der Waals surface area (Å²) in [6.07, 6.45) is 0. The molecule has 0 aliphatic carbocycles. The third-order valence-corrected chi connectivity index (χ3v) is 3.58. The van der Waals surface area contributed by atoms with E-state index in [0.717, 1.165) is 26.2 Å². The van der Waals surface area contributed by atoms with Crippen LogP contribution in [-0.2, 0) is 9.59 Å². The normalized spacial score (nSPS) is 17.1. The third-order valence-electron chi connectivity index (χ3n) is 3.58. The fourth-order valence-corrected chi connectivity index (χ4v) is 2.12. The first-order valence-corrected chi connectivity index (χ1v) is 7.35. The van der Waals surface area contributed by atoms with Crippen molar-refractivity contribution in [2.24, 2.45) is 5.92 Å².